The first-order valence-corrected chi connectivity index (χ1v) is 35.5. The van der Waals surface area contributed by atoms with E-state index in [1.165, 1.54) is 161 Å². The van der Waals surface area contributed by atoms with Crippen molar-refractivity contribution in [2.45, 2.75) is 309 Å². The van der Waals surface area contributed by atoms with Crippen LogP contribution in [0.1, 0.15) is 297 Å². The van der Waals surface area contributed by atoms with E-state index < -0.39 is 26.6 Å². The quantitative estimate of drug-likeness (QED) is 0.0212. The molecule has 0 heterocycles. The van der Waals surface area contributed by atoms with Gasteiger partial charge < -0.3 is 28.5 Å². The first-order chi connectivity index (χ1) is 39.9. The Morgan fingerprint density at radius 2 is 0.780 bits per heavy atom. The van der Waals surface area contributed by atoms with Gasteiger partial charge in [0.2, 0.25) is 5.91 Å². The van der Waals surface area contributed by atoms with E-state index >= 15 is 0 Å². The van der Waals surface area contributed by atoms with Crippen molar-refractivity contribution in [1.29, 1.82) is 0 Å². The molecule has 10 heteroatoms. The van der Waals surface area contributed by atoms with Gasteiger partial charge in [-0.3, -0.25) is 14.2 Å². The van der Waals surface area contributed by atoms with Gasteiger partial charge in [0.1, 0.15) is 19.3 Å². The molecule has 0 spiro atoms. The third-order valence-electron chi connectivity index (χ3n) is 14.7. The number of amides is 1. The number of carbonyl (C=O) groups is 2. The maximum atomic E-state index is 13.6. The molecular formula is C72H129N2O7P. The Morgan fingerprint density at radius 3 is 1.21 bits per heavy atom. The van der Waals surface area contributed by atoms with Gasteiger partial charge in [-0.15, -0.1) is 0 Å². The molecule has 3 unspecified atom stereocenters. The second kappa shape index (κ2) is 61.0. The molecule has 0 aromatic carbocycles. The summed E-state index contributed by atoms with van der Waals surface area (Å²) in [6.07, 6.45) is 82.4. The molecule has 0 saturated carbocycles. The lowest BCUT2D eigenvalue weighted by atomic mass is 10.0. The van der Waals surface area contributed by atoms with Crippen LogP contribution in [0.15, 0.2) is 97.2 Å². The fraction of sp³-hybridized carbons (Fsp3) is 0.750. The first-order valence-electron chi connectivity index (χ1n) is 34.0. The summed E-state index contributed by atoms with van der Waals surface area (Å²) in [5.41, 5.74) is 0. The van der Waals surface area contributed by atoms with Crippen molar-refractivity contribution in [3.8, 4) is 0 Å². The molecule has 0 aliphatic carbocycles. The monoisotopic (exact) mass is 1160 g/mol. The summed E-state index contributed by atoms with van der Waals surface area (Å²) in [5.74, 6) is -0.576. The number of nitrogens with one attached hydrogen (secondary N) is 1. The SMILES string of the molecule is CC/C=C\C/C=C\C/C=C\C/C=C\C/C=C\CCCCCC(=O)NC(COP(=O)([O-])OCC[N+](C)(C)C)C(/C=C\CCCCCCCCCCCC)OC(=O)CCCCCCCCCCCCCCCCC/C=C\C/C=C\CCCCC. The normalized spacial score (nSPS) is 14.2. The average molecular weight is 1170 g/mol. The van der Waals surface area contributed by atoms with E-state index in [9.17, 15) is 19.0 Å². The molecule has 474 valence electrons. The Labute approximate surface area is 507 Å². The summed E-state index contributed by atoms with van der Waals surface area (Å²) < 4.78 is 30.4. The zero-order valence-corrected chi connectivity index (χ0v) is 55.1. The molecule has 9 nitrogen and oxygen atoms in total. The smallest absolute Gasteiger partial charge is 0.306 e. The molecule has 0 rings (SSSR count). The highest BCUT2D eigenvalue weighted by Gasteiger charge is 2.27. The minimum Gasteiger partial charge on any atom is -0.756 e. The molecule has 82 heavy (non-hydrogen) atoms. The van der Waals surface area contributed by atoms with Crippen LogP contribution in [-0.4, -0.2) is 69.4 Å². The third-order valence-corrected chi connectivity index (χ3v) is 15.7. The van der Waals surface area contributed by atoms with Gasteiger partial charge in [-0.1, -0.05) is 272 Å². The summed E-state index contributed by atoms with van der Waals surface area (Å²) in [6.45, 7) is 6.69. The first kappa shape index (κ1) is 78.9. The van der Waals surface area contributed by atoms with Gasteiger partial charge in [-0.2, -0.15) is 0 Å². The number of nitrogens with zero attached hydrogens (tertiary/aromatic N) is 1. The molecule has 0 radical (unpaired) electrons. The minimum absolute atomic E-state index is 0.0324. The van der Waals surface area contributed by atoms with E-state index in [0.717, 1.165) is 96.3 Å². The van der Waals surface area contributed by atoms with Gasteiger partial charge in [0, 0.05) is 12.8 Å². The topological polar surface area (TPSA) is 114 Å². The Balaban J connectivity index is 5.14. The maximum Gasteiger partial charge on any atom is 0.306 e. The van der Waals surface area contributed by atoms with Gasteiger partial charge in [0.15, 0.2) is 0 Å². The second-order valence-electron chi connectivity index (χ2n) is 23.9. The molecule has 3 atom stereocenters. The van der Waals surface area contributed by atoms with Crippen molar-refractivity contribution in [3.05, 3.63) is 97.2 Å². The number of esters is 1. The van der Waals surface area contributed by atoms with Crippen LogP contribution in [0, 0.1) is 0 Å². The number of likely N-dealkylation sites (N-methyl/N-ethyl adjacent to an activating group) is 1. The second-order valence-corrected chi connectivity index (χ2v) is 25.4. The highest BCUT2D eigenvalue weighted by molar-refractivity contribution is 7.45. The fourth-order valence-corrected chi connectivity index (χ4v) is 10.2. The molecule has 0 saturated heterocycles. The van der Waals surface area contributed by atoms with E-state index in [1.54, 1.807) is 0 Å². The Hall–Kier alpha value is -3.07. The van der Waals surface area contributed by atoms with Crippen LogP contribution in [0.4, 0.5) is 0 Å². The van der Waals surface area contributed by atoms with Crippen LogP contribution in [0.3, 0.4) is 0 Å². The summed E-state index contributed by atoms with van der Waals surface area (Å²) in [5, 5.41) is 3.02. The highest BCUT2D eigenvalue weighted by atomic mass is 31.2. The fourth-order valence-electron chi connectivity index (χ4n) is 9.52. The molecule has 0 bridgehead atoms. The zero-order chi connectivity index (χ0) is 60.0. The Bertz CT molecular complexity index is 1720. The largest absolute Gasteiger partial charge is 0.756 e. The predicted molar refractivity (Wildman–Crippen MR) is 353 cm³/mol. The van der Waals surface area contributed by atoms with Crippen molar-refractivity contribution < 1.29 is 37.3 Å². The number of phosphoric acid groups is 1. The number of carbonyl (C=O) groups excluding carboxylic acids is 2. The molecule has 0 aliphatic rings. The van der Waals surface area contributed by atoms with E-state index in [0.29, 0.717) is 17.4 Å². The van der Waals surface area contributed by atoms with Crippen LogP contribution >= 0.6 is 7.82 Å². The molecule has 0 aromatic rings. The molecule has 0 aromatic heterocycles. The summed E-state index contributed by atoms with van der Waals surface area (Å²) in [4.78, 5) is 40.1. The number of allylic oxidation sites excluding steroid dienone is 15. The molecular weight excluding hydrogens is 1040 g/mol. The van der Waals surface area contributed by atoms with Gasteiger partial charge in [-0.05, 0) is 109 Å². The standard InChI is InChI=1S/C72H129N2O7P/c1-7-10-13-16-19-22-25-28-30-32-34-35-36-37-38-39-41-43-45-47-50-53-56-59-62-65-72(76)81-70(63-60-57-54-51-48-27-24-21-18-15-12-9-3)69(68-80-82(77,78)79-67-66-74(4,5)6)73-71(75)64-61-58-55-52-49-46-44-42-40-33-31-29-26-23-20-17-14-11-8-2/h11,14,19-20,22-23,28-31,40,42,46,49,60,63,69-70H,7-10,12-13,15-18,21,24-27,32-39,41,43-45,47-48,50-59,61-62,64-68H2,1-6H3,(H-,73,75,77,78)/b14-11-,22-19-,23-20-,30-28-,31-29-,42-40-,49-46-,63-60-. The van der Waals surface area contributed by atoms with Gasteiger partial charge >= 0.3 is 5.97 Å². The molecule has 0 fully saturated rings. The van der Waals surface area contributed by atoms with Crippen molar-refractivity contribution in [2.24, 2.45) is 0 Å². The van der Waals surface area contributed by atoms with Gasteiger partial charge in [-0.25, -0.2) is 0 Å². The Kier molecular flexibility index (Phi) is 58.7. The summed E-state index contributed by atoms with van der Waals surface area (Å²) in [7, 11) is 1.16. The van der Waals surface area contributed by atoms with Crippen LogP contribution in [0.5, 0.6) is 0 Å². The number of hydrogen-bond acceptors (Lipinski definition) is 7. The maximum absolute atomic E-state index is 13.6. The number of quaternary nitrogens is 1. The van der Waals surface area contributed by atoms with Crippen LogP contribution in [0.2, 0.25) is 0 Å². The number of hydrogen-bond donors (Lipinski definition) is 1. The number of rotatable bonds is 61. The van der Waals surface area contributed by atoms with Crippen molar-refractivity contribution in [1.82, 2.24) is 5.32 Å². The molecule has 1 N–H and O–H groups in total. The number of ether oxygens (including phenoxy) is 1. The Morgan fingerprint density at radius 1 is 0.439 bits per heavy atom. The lowest BCUT2D eigenvalue weighted by Gasteiger charge is -2.30. The number of unbranched alkanes of at least 4 members (excludes halogenated alkanes) is 31. The zero-order valence-electron chi connectivity index (χ0n) is 54.2. The lowest BCUT2D eigenvalue weighted by molar-refractivity contribution is -0.870. The van der Waals surface area contributed by atoms with Crippen LogP contribution in [0.25, 0.3) is 0 Å². The van der Waals surface area contributed by atoms with E-state index in [2.05, 4.69) is 111 Å². The van der Waals surface area contributed by atoms with Crippen LogP contribution < -0.4 is 10.2 Å². The van der Waals surface area contributed by atoms with Gasteiger partial charge in [0.05, 0.1) is 33.8 Å². The van der Waals surface area contributed by atoms with E-state index in [-0.39, 0.29) is 31.3 Å². The van der Waals surface area contributed by atoms with E-state index in [1.807, 2.05) is 33.3 Å². The molecule has 1 amide bonds. The van der Waals surface area contributed by atoms with Crippen LogP contribution in [-0.2, 0) is 27.9 Å². The van der Waals surface area contributed by atoms with Crippen molar-refractivity contribution >= 4 is 19.7 Å². The van der Waals surface area contributed by atoms with Crippen molar-refractivity contribution in [3.63, 3.8) is 0 Å². The highest BCUT2D eigenvalue weighted by Crippen LogP contribution is 2.38. The average Bonchev–Trinajstić information content (AvgIpc) is 3.47. The van der Waals surface area contributed by atoms with Gasteiger partial charge in [0.25, 0.3) is 7.82 Å². The summed E-state index contributed by atoms with van der Waals surface area (Å²) in [6, 6.07) is -0.911. The third kappa shape index (κ3) is 61.5. The lowest BCUT2D eigenvalue weighted by Crippen LogP contribution is -2.47. The predicted octanol–water partition coefficient (Wildman–Crippen LogP) is 20.9. The summed E-state index contributed by atoms with van der Waals surface area (Å²) >= 11 is 0. The van der Waals surface area contributed by atoms with Crippen molar-refractivity contribution in [2.75, 3.05) is 40.9 Å². The molecule has 0 aliphatic heterocycles. The minimum atomic E-state index is -4.72. The van der Waals surface area contributed by atoms with E-state index in [4.69, 9.17) is 13.8 Å². The number of phosphoric ester groups is 1.